The molecule has 1 aliphatic rings. The molecule has 0 amide bonds. The topological polar surface area (TPSA) is 12.0 Å². The number of thioether (sulfide) groups is 1. The zero-order valence-corrected chi connectivity index (χ0v) is 11.0. The Hall–Kier alpha value is -0.180. The number of halogens is 1. The Balaban J connectivity index is 1.55. The van der Waals surface area contributed by atoms with Gasteiger partial charge in [0, 0.05) is 10.9 Å². The molecule has 88 valence electrons. The van der Waals surface area contributed by atoms with Crippen molar-refractivity contribution in [2.24, 2.45) is 0 Å². The molecule has 0 aliphatic heterocycles. The lowest BCUT2D eigenvalue weighted by atomic mass is 10.3. The molecule has 16 heavy (non-hydrogen) atoms. The zero-order chi connectivity index (χ0) is 11.2. The summed E-state index contributed by atoms with van der Waals surface area (Å²) in [7, 11) is 0. The molecule has 0 bridgehead atoms. The first-order valence-corrected chi connectivity index (χ1v) is 7.33. The van der Waals surface area contributed by atoms with E-state index in [4.69, 9.17) is 11.6 Å². The number of nitrogens with one attached hydrogen (secondary N) is 1. The fourth-order valence-electron chi connectivity index (χ4n) is 1.56. The van der Waals surface area contributed by atoms with Crippen LogP contribution in [0.1, 0.15) is 25.7 Å². The molecular formula is C13H18ClNS. The SMILES string of the molecule is Clc1ccccc1SCCCCNC1CC1. The van der Waals surface area contributed by atoms with Gasteiger partial charge in [0.15, 0.2) is 0 Å². The van der Waals surface area contributed by atoms with Crippen molar-refractivity contribution < 1.29 is 0 Å². The molecule has 0 unspecified atom stereocenters. The summed E-state index contributed by atoms with van der Waals surface area (Å²) < 4.78 is 0. The van der Waals surface area contributed by atoms with Gasteiger partial charge in [0.05, 0.1) is 5.02 Å². The van der Waals surface area contributed by atoms with E-state index < -0.39 is 0 Å². The van der Waals surface area contributed by atoms with Crippen molar-refractivity contribution in [1.82, 2.24) is 5.32 Å². The molecule has 0 radical (unpaired) electrons. The first-order valence-electron chi connectivity index (χ1n) is 5.97. The van der Waals surface area contributed by atoms with E-state index in [0.29, 0.717) is 0 Å². The van der Waals surface area contributed by atoms with Crippen molar-refractivity contribution in [3.8, 4) is 0 Å². The lowest BCUT2D eigenvalue weighted by molar-refractivity contribution is 0.640. The van der Waals surface area contributed by atoms with Crippen molar-refractivity contribution in [2.45, 2.75) is 36.6 Å². The molecule has 1 nitrogen and oxygen atoms in total. The normalized spacial score (nSPS) is 15.3. The summed E-state index contributed by atoms with van der Waals surface area (Å²) in [6.45, 7) is 1.17. The van der Waals surface area contributed by atoms with Crippen molar-refractivity contribution in [1.29, 1.82) is 0 Å². The van der Waals surface area contributed by atoms with E-state index in [1.165, 1.54) is 37.1 Å². The molecule has 1 aromatic rings. The molecule has 0 saturated heterocycles. The monoisotopic (exact) mass is 255 g/mol. The summed E-state index contributed by atoms with van der Waals surface area (Å²) in [5, 5.41) is 4.41. The van der Waals surface area contributed by atoms with Crippen LogP contribution in [-0.2, 0) is 0 Å². The van der Waals surface area contributed by atoms with Crippen LogP contribution in [0.4, 0.5) is 0 Å². The molecule has 1 aromatic carbocycles. The van der Waals surface area contributed by atoms with E-state index in [2.05, 4.69) is 11.4 Å². The van der Waals surface area contributed by atoms with Gasteiger partial charge in [0.2, 0.25) is 0 Å². The lowest BCUT2D eigenvalue weighted by Gasteiger charge is -2.04. The fourth-order valence-corrected chi connectivity index (χ4v) is 2.81. The third-order valence-corrected chi connectivity index (χ3v) is 4.28. The summed E-state index contributed by atoms with van der Waals surface area (Å²) in [4.78, 5) is 1.21. The van der Waals surface area contributed by atoms with Crippen LogP contribution in [0, 0.1) is 0 Å². The van der Waals surface area contributed by atoms with Gasteiger partial charge in [-0.15, -0.1) is 11.8 Å². The second kappa shape index (κ2) is 6.53. The third kappa shape index (κ3) is 4.36. The average molecular weight is 256 g/mol. The Morgan fingerprint density at radius 2 is 2.06 bits per heavy atom. The fraction of sp³-hybridized carbons (Fsp3) is 0.538. The molecule has 2 rings (SSSR count). The molecule has 1 fully saturated rings. The van der Waals surface area contributed by atoms with Gasteiger partial charge >= 0.3 is 0 Å². The zero-order valence-electron chi connectivity index (χ0n) is 9.42. The van der Waals surface area contributed by atoms with E-state index in [0.717, 1.165) is 16.8 Å². The first kappa shape index (κ1) is 12.3. The molecule has 3 heteroatoms. The van der Waals surface area contributed by atoms with Crippen molar-refractivity contribution in [2.75, 3.05) is 12.3 Å². The van der Waals surface area contributed by atoms with Crippen LogP contribution in [0.15, 0.2) is 29.2 Å². The van der Waals surface area contributed by atoms with Gasteiger partial charge in [-0.2, -0.15) is 0 Å². The summed E-state index contributed by atoms with van der Waals surface area (Å²) in [6, 6.07) is 8.92. The Kier molecular flexibility index (Phi) is 5.01. The van der Waals surface area contributed by atoms with E-state index in [1.54, 1.807) is 0 Å². The molecule has 1 N–H and O–H groups in total. The number of unbranched alkanes of at least 4 members (excludes halogenated alkanes) is 1. The van der Waals surface area contributed by atoms with Crippen LogP contribution in [-0.4, -0.2) is 18.3 Å². The maximum Gasteiger partial charge on any atom is 0.0541 e. The van der Waals surface area contributed by atoms with Gasteiger partial charge in [-0.3, -0.25) is 0 Å². The molecule has 0 heterocycles. The Morgan fingerprint density at radius 3 is 2.81 bits per heavy atom. The quantitative estimate of drug-likeness (QED) is 0.585. The highest BCUT2D eigenvalue weighted by Gasteiger charge is 2.19. The Labute approximate surface area is 107 Å². The maximum absolute atomic E-state index is 6.08. The van der Waals surface area contributed by atoms with E-state index in [-0.39, 0.29) is 0 Å². The van der Waals surface area contributed by atoms with E-state index in [1.807, 2.05) is 30.0 Å². The standard InChI is InChI=1S/C13H18ClNS/c14-12-5-1-2-6-13(12)16-10-4-3-9-15-11-7-8-11/h1-2,5-6,11,15H,3-4,7-10H2. The second-order valence-corrected chi connectivity index (χ2v) is 5.76. The Morgan fingerprint density at radius 1 is 1.25 bits per heavy atom. The van der Waals surface area contributed by atoms with E-state index >= 15 is 0 Å². The van der Waals surface area contributed by atoms with Gasteiger partial charge in [-0.1, -0.05) is 23.7 Å². The lowest BCUT2D eigenvalue weighted by Crippen LogP contribution is -2.17. The van der Waals surface area contributed by atoms with E-state index in [9.17, 15) is 0 Å². The summed E-state index contributed by atoms with van der Waals surface area (Å²) in [5.74, 6) is 1.16. The minimum Gasteiger partial charge on any atom is -0.314 e. The highest BCUT2D eigenvalue weighted by Crippen LogP contribution is 2.27. The predicted octanol–water partition coefficient (Wildman–Crippen LogP) is 3.96. The average Bonchev–Trinajstić information content (AvgIpc) is 3.09. The molecule has 0 spiro atoms. The van der Waals surface area contributed by atoms with Crippen LogP contribution in [0.25, 0.3) is 0 Å². The van der Waals surface area contributed by atoms with Crippen LogP contribution in [0.5, 0.6) is 0 Å². The molecular weight excluding hydrogens is 238 g/mol. The summed E-state index contributed by atoms with van der Waals surface area (Å²) in [5.41, 5.74) is 0. The Bertz CT molecular complexity index is 325. The van der Waals surface area contributed by atoms with Crippen molar-refractivity contribution >= 4 is 23.4 Å². The summed E-state index contributed by atoms with van der Waals surface area (Å²) in [6.07, 6.45) is 5.30. The minimum absolute atomic E-state index is 0.844. The van der Waals surface area contributed by atoms with Gasteiger partial charge in [-0.25, -0.2) is 0 Å². The second-order valence-electron chi connectivity index (χ2n) is 4.21. The highest BCUT2D eigenvalue weighted by atomic mass is 35.5. The molecule has 1 saturated carbocycles. The van der Waals surface area contributed by atoms with Crippen LogP contribution in [0.2, 0.25) is 5.02 Å². The number of hydrogen-bond acceptors (Lipinski definition) is 2. The third-order valence-electron chi connectivity index (χ3n) is 2.68. The van der Waals surface area contributed by atoms with Crippen LogP contribution < -0.4 is 5.32 Å². The van der Waals surface area contributed by atoms with Crippen molar-refractivity contribution in [3.05, 3.63) is 29.3 Å². The predicted molar refractivity (Wildman–Crippen MR) is 72.4 cm³/mol. The van der Waals surface area contributed by atoms with Crippen LogP contribution in [0.3, 0.4) is 0 Å². The minimum atomic E-state index is 0.844. The number of hydrogen-bond donors (Lipinski definition) is 1. The van der Waals surface area contributed by atoms with Crippen LogP contribution >= 0.6 is 23.4 Å². The maximum atomic E-state index is 6.08. The number of rotatable bonds is 7. The molecule has 0 atom stereocenters. The highest BCUT2D eigenvalue weighted by molar-refractivity contribution is 7.99. The summed E-state index contributed by atoms with van der Waals surface area (Å²) >= 11 is 7.94. The smallest absolute Gasteiger partial charge is 0.0541 e. The number of benzene rings is 1. The molecule has 1 aliphatic carbocycles. The van der Waals surface area contributed by atoms with Gasteiger partial charge < -0.3 is 5.32 Å². The van der Waals surface area contributed by atoms with Gasteiger partial charge in [-0.05, 0) is 50.1 Å². The van der Waals surface area contributed by atoms with Gasteiger partial charge in [0.1, 0.15) is 0 Å². The molecule has 0 aromatic heterocycles. The largest absolute Gasteiger partial charge is 0.314 e. The van der Waals surface area contributed by atoms with Gasteiger partial charge in [0.25, 0.3) is 0 Å². The van der Waals surface area contributed by atoms with Crippen molar-refractivity contribution in [3.63, 3.8) is 0 Å². The first-order chi connectivity index (χ1) is 7.86.